The van der Waals surface area contributed by atoms with E-state index < -0.39 is 32.5 Å². The van der Waals surface area contributed by atoms with Crippen molar-refractivity contribution in [2.24, 2.45) is 0 Å². The van der Waals surface area contributed by atoms with Crippen LogP contribution in [0.15, 0.2) is 101 Å². The minimum Gasteiger partial charge on any atom is -0.325 e. The summed E-state index contributed by atoms with van der Waals surface area (Å²) in [7, 11) is -8.00. The molecule has 1 amide bonds. The van der Waals surface area contributed by atoms with E-state index in [9.17, 15) is 21.6 Å². The first-order valence-electron chi connectivity index (χ1n) is 11.4. The molecule has 0 aliphatic heterocycles. The third-order valence-corrected chi connectivity index (χ3v) is 8.51. The zero-order chi connectivity index (χ0) is 27.3. The second kappa shape index (κ2) is 11.0. The van der Waals surface area contributed by atoms with Crippen LogP contribution in [0.5, 0.6) is 0 Å². The lowest BCUT2D eigenvalue weighted by molar-refractivity contribution is -0.114. The molecule has 10 nitrogen and oxygen atoms in total. The lowest BCUT2D eigenvalue weighted by atomic mass is 10.2. The number of amides is 1. The number of benzene rings is 3. The Morgan fingerprint density at radius 2 is 1.55 bits per heavy atom. The quantitative estimate of drug-likeness (QED) is 0.323. The largest absolute Gasteiger partial charge is 0.325 e. The Morgan fingerprint density at radius 3 is 2.21 bits per heavy atom. The Bertz CT molecular complexity index is 1660. The first kappa shape index (κ1) is 26.8. The van der Waals surface area contributed by atoms with Crippen LogP contribution in [-0.2, 0) is 24.8 Å². The van der Waals surface area contributed by atoms with Crippen molar-refractivity contribution < 1.29 is 21.6 Å². The van der Waals surface area contributed by atoms with Crippen LogP contribution in [0.1, 0.15) is 11.3 Å². The monoisotopic (exact) mass is 551 g/mol. The Balaban J connectivity index is 1.52. The molecule has 0 aliphatic rings. The SMILES string of the molecule is Cc1cccc(N(CC(=O)Nc2ccc(S(=O)(=O)Nc3nccc(C)n3)cc2)S(=O)(=O)c2ccccc2)c1. The van der Waals surface area contributed by atoms with Gasteiger partial charge in [0.25, 0.3) is 20.0 Å². The topological polar surface area (TPSA) is 138 Å². The van der Waals surface area contributed by atoms with Gasteiger partial charge < -0.3 is 5.32 Å². The van der Waals surface area contributed by atoms with Crippen molar-refractivity contribution in [2.75, 3.05) is 20.9 Å². The van der Waals surface area contributed by atoms with Gasteiger partial charge in [0.05, 0.1) is 15.5 Å². The van der Waals surface area contributed by atoms with Gasteiger partial charge in [-0.25, -0.2) is 31.5 Å². The van der Waals surface area contributed by atoms with Gasteiger partial charge in [0.15, 0.2) is 0 Å². The van der Waals surface area contributed by atoms with Gasteiger partial charge in [0.2, 0.25) is 11.9 Å². The summed E-state index contributed by atoms with van der Waals surface area (Å²) in [5.41, 5.74) is 2.07. The van der Waals surface area contributed by atoms with E-state index >= 15 is 0 Å². The van der Waals surface area contributed by atoms with Gasteiger partial charge in [-0.2, -0.15) is 0 Å². The molecule has 196 valence electrons. The fraction of sp³-hybridized carbons (Fsp3) is 0.115. The van der Waals surface area contributed by atoms with Crippen molar-refractivity contribution in [1.29, 1.82) is 0 Å². The van der Waals surface area contributed by atoms with E-state index in [0.717, 1.165) is 9.87 Å². The van der Waals surface area contributed by atoms with E-state index in [1.54, 1.807) is 49.4 Å². The maximum Gasteiger partial charge on any atom is 0.264 e. The van der Waals surface area contributed by atoms with Gasteiger partial charge in [0, 0.05) is 17.6 Å². The van der Waals surface area contributed by atoms with Gasteiger partial charge >= 0.3 is 0 Å². The third kappa shape index (κ3) is 6.33. The van der Waals surface area contributed by atoms with Gasteiger partial charge in [-0.1, -0.05) is 30.3 Å². The van der Waals surface area contributed by atoms with Crippen LogP contribution in [0.4, 0.5) is 17.3 Å². The summed E-state index contributed by atoms with van der Waals surface area (Å²) in [6.07, 6.45) is 1.44. The zero-order valence-corrected chi connectivity index (χ0v) is 22.2. The van der Waals surface area contributed by atoms with Crippen molar-refractivity contribution in [3.05, 3.63) is 102 Å². The van der Waals surface area contributed by atoms with Crippen molar-refractivity contribution in [1.82, 2.24) is 9.97 Å². The average molecular weight is 552 g/mol. The summed E-state index contributed by atoms with van der Waals surface area (Å²) in [5.74, 6) is -0.661. The Labute approximate surface area is 221 Å². The average Bonchev–Trinajstić information content (AvgIpc) is 2.88. The minimum absolute atomic E-state index is 0.0500. The van der Waals surface area contributed by atoms with Crippen LogP contribution in [0.25, 0.3) is 0 Å². The lowest BCUT2D eigenvalue weighted by Crippen LogP contribution is -2.38. The number of sulfonamides is 2. The molecular weight excluding hydrogens is 526 g/mol. The van der Waals surface area contributed by atoms with Crippen molar-refractivity contribution >= 4 is 43.3 Å². The molecule has 1 heterocycles. The predicted octanol–water partition coefficient (Wildman–Crippen LogP) is 3.73. The van der Waals surface area contributed by atoms with Crippen LogP contribution in [0, 0.1) is 13.8 Å². The summed E-state index contributed by atoms with van der Waals surface area (Å²) in [6.45, 7) is 3.04. The van der Waals surface area contributed by atoms with Crippen molar-refractivity contribution in [3.8, 4) is 0 Å². The van der Waals surface area contributed by atoms with Gasteiger partial charge in [-0.05, 0) is 74.0 Å². The normalized spacial score (nSPS) is 11.5. The zero-order valence-electron chi connectivity index (χ0n) is 20.6. The highest BCUT2D eigenvalue weighted by atomic mass is 32.2. The molecule has 0 spiro atoms. The highest BCUT2D eigenvalue weighted by Gasteiger charge is 2.27. The maximum absolute atomic E-state index is 13.4. The molecular formula is C26H25N5O5S2. The molecule has 0 unspecified atom stereocenters. The van der Waals surface area contributed by atoms with Crippen LogP contribution in [0.2, 0.25) is 0 Å². The molecule has 1 aromatic heterocycles. The fourth-order valence-corrected chi connectivity index (χ4v) is 5.93. The molecule has 0 saturated heterocycles. The molecule has 38 heavy (non-hydrogen) atoms. The Hall–Kier alpha value is -4.29. The van der Waals surface area contributed by atoms with Crippen molar-refractivity contribution in [2.45, 2.75) is 23.6 Å². The molecule has 12 heteroatoms. The number of carbonyl (C=O) groups is 1. The number of anilines is 3. The molecule has 4 rings (SSSR count). The van der Waals surface area contributed by atoms with E-state index in [1.165, 1.54) is 42.6 Å². The summed E-state index contributed by atoms with van der Waals surface area (Å²) >= 11 is 0. The highest BCUT2D eigenvalue weighted by Crippen LogP contribution is 2.25. The Morgan fingerprint density at radius 1 is 0.842 bits per heavy atom. The lowest BCUT2D eigenvalue weighted by Gasteiger charge is -2.24. The van der Waals surface area contributed by atoms with Crippen LogP contribution in [0.3, 0.4) is 0 Å². The fourth-order valence-electron chi connectivity index (χ4n) is 3.54. The number of nitrogens with one attached hydrogen (secondary N) is 2. The standard InChI is InChI=1S/C26H25N5O5S2/c1-19-7-6-8-22(17-19)31(38(35,36)24-9-4-3-5-10-24)18-25(32)29-21-11-13-23(14-12-21)37(33,34)30-26-27-16-15-20(2)28-26/h3-17H,18H2,1-2H3,(H,29,32)(H,27,28,30). The van der Waals surface area contributed by atoms with Gasteiger partial charge in [-0.15, -0.1) is 0 Å². The predicted molar refractivity (Wildman–Crippen MR) is 145 cm³/mol. The molecule has 0 saturated carbocycles. The summed E-state index contributed by atoms with van der Waals surface area (Å²) in [5, 5.41) is 2.63. The summed E-state index contributed by atoms with van der Waals surface area (Å²) in [4.78, 5) is 20.9. The molecule has 0 atom stereocenters. The number of hydrogen-bond acceptors (Lipinski definition) is 7. The van der Waals surface area contributed by atoms with Gasteiger partial charge in [0.1, 0.15) is 6.54 Å². The van der Waals surface area contributed by atoms with E-state index in [-0.39, 0.29) is 15.7 Å². The van der Waals surface area contributed by atoms with E-state index in [4.69, 9.17) is 0 Å². The number of carbonyl (C=O) groups excluding carboxylic acids is 1. The van der Waals surface area contributed by atoms with Crippen LogP contribution < -0.4 is 14.3 Å². The number of rotatable bonds is 9. The molecule has 0 fully saturated rings. The smallest absolute Gasteiger partial charge is 0.264 e. The number of aryl methyl sites for hydroxylation is 2. The van der Waals surface area contributed by atoms with Crippen LogP contribution >= 0.6 is 0 Å². The molecule has 4 aromatic rings. The van der Waals surface area contributed by atoms with E-state index in [1.807, 2.05) is 13.0 Å². The van der Waals surface area contributed by atoms with E-state index in [0.29, 0.717) is 17.1 Å². The summed E-state index contributed by atoms with van der Waals surface area (Å²) < 4.78 is 55.5. The molecule has 3 aromatic carbocycles. The maximum atomic E-state index is 13.4. The second-order valence-electron chi connectivity index (χ2n) is 8.36. The third-order valence-electron chi connectivity index (χ3n) is 5.38. The number of nitrogens with zero attached hydrogens (tertiary/aromatic N) is 3. The van der Waals surface area contributed by atoms with Gasteiger partial charge in [-0.3, -0.25) is 9.10 Å². The minimum atomic E-state index is -4.04. The van der Waals surface area contributed by atoms with E-state index in [2.05, 4.69) is 20.0 Å². The molecule has 0 aliphatic carbocycles. The van der Waals surface area contributed by atoms with Crippen molar-refractivity contribution in [3.63, 3.8) is 0 Å². The number of hydrogen-bond donors (Lipinski definition) is 2. The number of aromatic nitrogens is 2. The summed E-state index contributed by atoms with van der Waals surface area (Å²) in [6, 6.07) is 21.8. The second-order valence-corrected chi connectivity index (χ2v) is 11.9. The first-order valence-corrected chi connectivity index (χ1v) is 14.3. The van der Waals surface area contributed by atoms with Crippen LogP contribution in [-0.4, -0.2) is 39.3 Å². The Kier molecular flexibility index (Phi) is 7.74. The first-order chi connectivity index (χ1) is 18.0. The molecule has 0 radical (unpaired) electrons. The highest BCUT2D eigenvalue weighted by molar-refractivity contribution is 7.93. The molecule has 0 bridgehead atoms. The molecule has 2 N–H and O–H groups in total.